The predicted octanol–water partition coefficient (Wildman–Crippen LogP) is 4.91. The van der Waals surface area contributed by atoms with E-state index in [9.17, 15) is 43.5 Å². The normalized spacial score (nSPS) is 15.8. The monoisotopic (exact) mass is 1100 g/mol. The molecular weight excluding hydrogens is 1020 g/mol. The van der Waals surface area contributed by atoms with Crippen molar-refractivity contribution in [1.82, 2.24) is 31.5 Å². The molecule has 1 aliphatic rings. The van der Waals surface area contributed by atoms with Gasteiger partial charge in [0.1, 0.15) is 42.0 Å². The highest BCUT2D eigenvalue weighted by Gasteiger charge is 2.40. The van der Waals surface area contributed by atoms with Gasteiger partial charge in [-0.2, -0.15) is 23.5 Å². The summed E-state index contributed by atoms with van der Waals surface area (Å²) in [6.45, 7) is 7.61. The standard InChI is InChI=1S/C57H73N7O11S2/c1-5-37(3)50(62-53(68)44(31-39-24-26-43(27-25-39)74-6-2)59-49(66)28-30-76-34-41-19-12-8-13-20-41)54(69)63-51(38(4)75-33-40-17-10-7-11-18-40)55(70)60-45(32-48(58)65)52(67)61-46(36-77-35-42-21-14-9-15-22-42)56(71)64-29-16-23-47(64)57(72)73/h7-15,17-22,24-27,37-38,44-47,50-51H,5-6,16,23,28-36H2,1-4H3,(H2,58,65)(H,59,66)(H,60,70)(H,61,67)(H,62,68)(H,63,69)(H,72,73)/t37-,38+,44+,45-,46-,47-,50-,51-/m0/s1. The highest BCUT2D eigenvalue weighted by Crippen LogP contribution is 2.22. The number of hydrogen-bond acceptors (Lipinski definition) is 12. The van der Waals surface area contributed by atoms with E-state index in [-0.39, 0.29) is 44.1 Å². The molecule has 1 heterocycles. The molecule has 1 saturated heterocycles. The molecule has 1 aliphatic heterocycles. The van der Waals surface area contributed by atoms with Crippen LogP contribution in [-0.2, 0) is 67.6 Å². The van der Waals surface area contributed by atoms with Gasteiger partial charge >= 0.3 is 5.97 Å². The summed E-state index contributed by atoms with van der Waals surface area (Å²) < 4.78 is 11.8. The van der Waals surface area contributed by atoms with Gasteiger partial charge in [0.05, 0.1) is 25.7 Å². The van der Waals surface area contributed by atoms with E-state index in [4.69, 9.17) is 15.2 Å². The van der Waals surface area contributed by atoms with Crippen LogP contribution in [0, 0.1) is 5.92 Å². The Kier molecular flexibility index (Phi) is 25.3. The number of carbonyl (C=O) groups is 8. The summed E-state index contributed by atoms with van der Waals surface area (Å²) in [5.74, 6) is -4.70. The number of hydrogen-bond donors (Lipinski definition) is 7. The minimum absolute atomic E-state index is 0.00828. The SMILES string of the molecule is CCOc1ccc(C[C@@H](NC(=O)CCSCc2ccccc2)C(=O)N[C@H](C(=O)N[C@H](C(=O)N[C@@H](CC(N)=O)C(=O)N[C@@H](CSCc2ccccc2)C(=O)N2CCC[C@H]2C(=O)O)[C@@H](C)OCc2ccccc2)[C@@H](C)CC)cc1. The number of aliphatic carboxylic acids is 1. The topological polar surface area (TPSA) is 265 Å². The van der Waals surface area contributed by atoms with Gasteiger partial charge in [-0.15, -0.1) is 0 Å². The summed E-state index contributed by atoms with van der Waals surface area (Å²) in [4.78, 5) is 112. The summed E-state index contributed by atoms with van der Waals surface area (Å²) >= 11 is 2.91. The molecule has 77 heavy (non-hydrogen) atoms. The van der Waals surface area contributed by atoms with Gasteiger partial charge in [0.25, 0.3) is 0 Å². The van der Waals surface area contributed by atoms with Crippen LogP contribution in [0.15, 0.2) is 115 Å². The van der Waals surface area contributed by atoms with Gasteiger partial charge in [-0.1, -0.05) is 123 Å². The summed E-state index contributed by atoms with van der Waals surface area (Å²) in [6.07, 6.45) is -0.534. The Hall–Kier alpha value is -6.90. The van der Waals surface area contributed by atoms with Gasteiger partial charge in [-0.3, -0.25) is 33.6 Å². The van der Waals surface area contributed by atoms with Crippen LogP contribution in [0.3, 0.4) is 0 Å². The lowest BCUT2D eigenvalue weighted by atomic mass is 9.96. The van der Waals surface area contributed by atoms with E-state index in [1.807, 2.05) is 105 Å². The number of rotatable bonds is 32. The van der Waals surface area contributed by atoms with Crippen molar-refractivity contribution in [2.45, 2.75) is 127 Å². The molecule has 0 unspecified atom stereocenters. The molecule has 0 spiro atoms. The molecule has 0 radical (unpaired) electrons. The van der Waals surface area contributed by atoms with Crippen molar-refractivity contribution in [3.63, 3.8) is 0 Å². The van der Waals surface area contributed by atoms with Crippen molar-refractivity contribution in [2.24, 2.45) is 11.7 Å². The van der Waals surface area contributed by atoms with Crippen molar-refractivity contribution in [2.75, 3.05) is 24.7 Å². The molecule has 0 aliphatic carbocycles. The van der Waals surface area contributed by atoms with Gasteiger partial charge < -0.3 is 51.8 Å². The Labute approximate surface area is 459 Å². The lowest BCUT2D eigenvalue weighted by Gasteiger charge is -2.31. The van der Waals surface area contributed by atoms with Gasteiger partial charge in [-0.05, 0) is 67.0 Å². The van der Waals surface area contributed by atoms with Crippen LogP contribution in [0.1, 0.15) is 82.1 Å². The van der Waals surface area contributed by atoms with Crippen LogP contribution in [0.2, 0.25) is 0 Å². The Morgan fingerprint density at radius 1 is 0.662 bits per heavy atom. The number of benzene rings is 4. The fourth-order valence-corrected chi connectivity index (χ4v) is 10.4. The van der Waals surface area contributed by atoms with Crippen molar-refractivity contribution in [1.29, 1.82) is 0 Å². The first-order valence-corrected chi connectivity index (χ1v) is 28.3. The van der Waals surface area contributed by atoms with Crippen molar-refractivity contribution in [3.8, 4) is 5.75 Å². The third-order valence-electron chi connectivity index (χ3n) is 13.0. The van der Waals surface area contributed by atoms with Crippen molar-refractivity contribution in [3.05, 3.63) is 138 Å². The zero-order valence-corrected chi connectivity index (χ0v) is 45.8. The van der Waals surface area contributed by atoms with E-state index in [0.29, 0.717) is 42.5 Å². The zero-order valence-electron chi connectivity index (χ0n) is 44.2. The molecular formula is C57H73N7O11S2. The first-order valence-electron chi connectivity index (χ1n) is 26.0. The number of carbonyl (C=O) groups excluding carboxylic acids is 7. The van der Waals surface area contributed by atoms with Crippen LogP contribution in [0.5, 0.6) is 5.75 Å². The van der Waals surface area contributed by atoms with Gasteiger partial charge in [0, 0.05) is 42.4 Å². The third kappa shape index (κ3) is 20.2. The fourth-order valence-electron chi connectivity index (χ4n) is 8.50. The van der Waals surface area contributed by atoms with E-state index < -0.39 is 96.1 Å². The lowest BCUT2D eigenvalue weighted by Crippen LogP contribution is -2.63. The number of primary amides is 1. The van der Waals surface area contributed by atoms with Crippen LogP contribution in [-0.4, -0.2) is 124 Å². The molecule has 0 bridgehead atoms. The number of amides is 7. The molecule has 18 nitrogen and oxygen atoms in total. The number of ether oxygens (including phenoxy) is 2. The van der Waals surface area contributed by atoms with Crippen LogP contribution in [0.25, 0.3) is 0 Å². The van der Waals surface area contributed by atoms with Crippen molar-refractivity contribution >= 4 is 70.8 Å². The predicted molar refractivity (Wildman–Crippen MR) is 297 cm³/mol. The maximum atomic E-state index is 14.7. The van der Waals surface area contributed by atoms with E-state index in [2.05, 4.69) is 26.6 Å². The second kappa shape index (κ2) is 32.0. The second-order valence-electron chi connectivity index (χ2n) is 18.9. The number of carboxylic acids is 1. The first kappa shape index (κ1) is 61.0. The zero-order chi connectivity index (χ0) is 55.7. The molecule has 0 aromatic heterocycles. The van der Waals surface area contributed by atoms with Crippen LogP contribution in [0.4, 0.5) is 0 Å². The van der Waals surface area contributed by atoms with Gasteiger partial charge in [0.2, 0.25) is 41.4 Å². The molecule has 8 atom stereocenters. The van der Waals surface area contributed by atoms with E-state index in [1.165, 1.54) is 16.7 Å². The number of thioether (sulfide) groups is 2. The fraction of sp³-hybridized carbons (Fsp3) is 0.439. The molecule has 1 fully saturated rings. The molecule has 5 rings (SSSR count). The number of nitrogens with one attached hydrogen (secondary N) is 5. The summed E-state index contributed by atoms with van der Waals surface area (Å²) in [7, 11) is 0. The Morgan fingerprint density at radius 2 is 1.22 bits per heavy atom. The molecule has 8 N–H and O–H groups in total. The third-order valence-corrected chi connectivity index (χ3v) is 15.1. The molecule has 0 saturated carbocycles. The van der Waals surface area contributed by atoms with Crippen LogP contribution < -0.4 is 37.1 Å². The number of carboxylic acid groups (broad SMARTS) is 1. The smallest absolute Gasteiger partial charge is 0.326 e. The highest BCUT2D eigenvalue weighted by atomic mass is 32.2. The summed E-state index contributed by atoms with van der Waals surface area (Å²) in [5.41, 5.74) is 9.18. The number of nitrogens with zero attached hydrogens (tertiary/aromatic N) is 1. The molecule has 7 amide bonds. The van der Waals surface area contributed by atoms with E-state index in [1.54, 1.807) is 49.9 Å². The van der Waals surface area contributed by atoms with E-state index in [0.717, 1.165) is 22.3 Å². The Balaban J connectivity index is 1.38. The molecule has 414 valence electrons. The quantitative estimate of drug-likeness (QED) is 0.0321. The maximum absolute atomic E-state index is 14.7. The number of likely N-dealkylation sites (tertiary alicyclic amines) is 1. The molecule has 20 heteroatoms. The summed E-state index contributed by atoms with van der Waals surface area (Å²) in [5, 5.41) is 23.7. The minimum atomic E-state index is -1.67. The first-order chi connectivity index (χ1) is 37.1. The van der Waals surface area contributed by atoms with Crippen molar-refractivity contribution < 1.29 is 52.9 Å². The lowest BCUT2D eigenvalue weighted by molar-refractivity contribution is -0.149. The summed E-state index contributed by atoms with van der Waals surface area (Å²) in [6, 6.07) is 27.5. The average molecular weight is 1100 g/mol. The Morgan fingerprint density at radius 3 is 1.81 bits per heavy atom. The Bertz CT molecular complexity index is 2550. The van der Waals surface area contributed by atoms with E-state index >= 15 is 0 Å². The molecule has 4 aromatic rings. The largest absolute Gasteiger partial charge is 0.494 e. The average Bonchev–Trinajstić information content (AvgIpc) is 3.93. The second-order valence-corrected chi connectivity index (χ2v) is 21.0. The minimum Gasteiger partial charge on any atom is -0.494 e. The van der Waals surface area contributed by atoms with Crippen LogP contribution >= 0.6 is 23.5 Å². The van der Waals surface area contributed by atoms with Gasteiger partial charge in [0.15, 0.2) is 0 Å². The maximum Gasteiger partial charge on any atom is 0.326 e. The molecule has 4 aromatic carbocycles. The van der Waals surface area contributed by atoms with Gasteiger partial charge in [-0.25, -0.2) is 4.79 Å². The highest BCUT2D eigenvalue weighted by molar-refractivity contribution is 7.98. The number of nitrogens with two attached hydrogens (primary N) is 1.